The summed E-state index contributed by atoms with van der Waals surface area (Å²) in [5.41, 5.74) is 4.36. The molecule has 0 atom stereocenters. The maximum atomic E-state index is 13.0. The molecule has 8 heteroatoms. The number of carbonyl (C=O) groups is 2. The van der Waals surface area contributed by atoms with Crippen LogP contribution in [0.1, 0.15) is 54.0 Å². The van der Waals surface area contributed by atoms with Gasteiger partial charge in [0.1, 0.15) is 0 Å². The van der Waals surface area contributed by atoms with E-state index in [9.17, 15) is 9.59 Å². The van der Waals surface area contributed by atoms with Crippen molar-refractivity contribution in [1.29, 1.82) is 0 Å². The zero-order valence-electron chi connectivity index (χ0n) is 16.2. The molecular weight excluding hydrogens is 486 g/mol. The van der Waals surface area contributed by atoms with Crippen LogP contribution in [0.25, 0.3) is 0 Å². The lowest BCUT2D eigenvalue weighted by Gasteiger charge is -2.35. The molecule has 1 N–H and O–H groups in total. The van der Waals surface area contributed by atoms with E-state index in [2.05, 4.69) is 28.3 Å². The van der Waals surface area contributed by atoms with E-state index in [0.717, 1.165) is 12.0 Å². The molecule has 0 aliphatic rings. The molecule has 0 radical (unpaired) electrons. The number of hydrogen-bond donors (Lipinski definition) is 1. The Morgan fingerprint density at radius 1 is 0.964 bits per heavy atom. The lowest BCUT2D eigenvalue weighted by molar-refractivity contribution is 0.0358. The van der Waals surface area contributed by atoms with Crippen LogP contribution in [-0.2, 0) is 6.42 Å². The Bertz CT molecular complexity index is 778. The first-order chi connectivity index (χ1) is 11.7. The molecule has 0 heterocycles. The number of benzene rings is 2. The van der Waals surface area contributed by atoms with Crippen molar-refractivity contribution in [3.05, 3.63) is 69.7 Å². The van der Waals surface area contributed by atoms with E-state index >= 15 is 0 Å². The van der Waals surface area contributed by atoms with Gasteiger partial charge in [-0.2, -0.15) is 0 Å². The van der Waals surface area contributed by atoms with Gasteiger partial charge in [0.2, 0.25) is 0 Å². The first-order valence-electron chi connectivity index (χ1n) is 8.23. The number of hydrazine groups is 1. The summed E-state index contributed by atoms with van der Waals surface area (Å²) >= 11 is 3.40. The number of carbonyl (C=O) groups excluding carboxylic acids is 2. The molecule has 0 spiro atoms. The summed E-state index contributed by atoms with van der Waals surface area (Å²) in [4.78, 5) is 25.6. The number of hydrogen-bond acceptors (Lipinski definition) is 2. The molecule has 0 unspecified atom stereocenters. The fraction of sp³-hybridized carbons (Fsp3) is 0.300. The molecule has 0 aliphatic heterocycles. The Balaban J connectivity index is 0. The highest BCUT2D eigenvalue weighted by Gasteiger charge is 2.30. The maximum Gasteiger partial charge on any atom is 0.273 e. The first kappa shape index (κ1) is 28.9. The zero-order chi connectivity index (χ0) is 18.6. The van der Waals surface area contributed by atoms with Crippen molar-refractivity contribution in [2.75, 3.05) is 0 Å². The van der Waals surface area contributed by atoms with Crippen LogP contribution in [0.15, 0.2) is 53.0 Å². The van der Waals surface area contributed by atoms with Crippen molar-refractivity contribution < 1.29 is 9.59 Å². The van der Waals surface area contributed by atoms with E-state index in [0.29, 0.717) is 15.6 Å². The molecule has 0 aromatic heterocycles. The molecule has 0 aliphatic carbocycles. The number of rotatable bonds is 3. The number of halogens is 4. The molecule has 0 saturated carbocycles. The average Bonchev–Trinajstić information content (AvgIpc) is 2.58. The smallest absolute Gasteiger partial charge is 0.267 e. The van der Waals surface area contributed by atoms with Crippen molar-refractivity contribution in [3.63, 3.8) is 0 Å². The second-order valence-electron chi connectivity index (χ2n) is 6.78. The highest BCUT2D eigenvalue weighted by atomic mass is 79.9. The number of nitrogens with one attached hydrogen (secondary N) is 1. The van der Waals surface area contributed by atoms with Gasteiger partial charge in [0.05, 0.1) is 11.1 Å². The molecule has 4 nitrogen and oxygen atoms in total. The van der Waals surface area contributed by atoms with Crippen LogP contribution in [-0.4, -0.2) is 22.4 Å². The molecule has 2 rings (SSSR count). The van der Waals surface area contributed by atoms with Gasteiger partial charge < -0.3 is 0 Å². The van der Waals surface area contributed by atoms with E-state index in [1.165, 1.54) is 5.01 Å². The molecule has 0 fully saturated rings. The molecule has 156 valence electrons. The minimum atomic E-state index is -0.578. The van der Waals surface area contributed by atoms with Crippen LogP contribution in [0.3, 0.4) is 0 Å². The summed E-state index contributed by atoms with van der Waals surface area (Å²) in [6.45, 7) is 7.69. The standard InChI is InChI=1S/C20H23BrN2O2.3ClH/c1-5-14-10-12-15(13-11-14)18(24)22-23(20(2,3)4)19(25)16-8-6-7-9-17(16)21;;;/h6-13H,5H2,1-4H3,(H,22,24);3*1H. The first-order valence-corrected chi connectivity index (χ1v) is 9.02. The van der Waals surface area contributed by atoms with Gasteiger partial charge in [-0.1, -0.05) is 31.2 Å². The SMILES string of the molecule is CCc1ccc(C(=O)NN(C(=O)c2ccccc2Br)C(C)(C)C)cc1.Cl.Cl.Cl. The maximum absolute atomic E-state index is 13.0. The Morgan fingerprint density at radius 2 is 1.50 bits per heavy atom. The van der Waals surface area contributed by atoms with Gasteiger partial charge in [-0.05, 0) is 73.0 Å². The predicted octanol–water partition coefficient (Wildman–Crippen LogP) is 5.86. The Morgan fingerprint density at radius 3 is 1.96 bits per heavy atom. The topological polar surface area (TPSA) is 49.4 Å². The molecule has 0 saturated heterocycles. The van der Waals surface area contributed by atoms with Crippen LogP contribution in [0, 0.1) is 0 Å². The van der Waals surface area contributed by atoms with Gasteiger partial charge >= 0.3 is 0 Å². The van der Waals surface area contributed by atoms with Crippen molar-refractivity contribution in [3.8, 4) is 0 Å². The summed E-state index contributed by atoms with van der Waals surface area (Å²) < 4.78 is 0.691. The largest absolute Gasteiger partial charge is 0.273 e. The van der Waals surface area contributed by atoms with Gasteiger partial charge in [-0.3, -0.25) is 15.0 Å². The van der Waals surface area contributed by atoms with Crippen LogP contribution < -0.4 is 5.43 Å². The highest BCUT2D eigenvalue weighted by Crippen LogP contribution is 2.21. The van der Waals surface area contributed by atoms with Crippen molar-refractivity contribution >= 4 is 65.0 Å². The van der Waals surface area contributed by atoms with Gasteiger partial charge in [-0.25, -0.2) is 5.01 Å². The lowest BCUT2D eigenvalue weighted by atomic mass is 10.1. The van der Waals surface area contributed by atoms with Crippen LogP contribution in [0.4, 0.5) is 0 Å². The second kappa shape index (κ2) is 12.3. The Kier molecular flexibility index (Phi) is 12.7. The summed E-state index contributed by atoms with van der Waals surface area (Å²) in [6, 6.07) is 14.6. The van der Waals surface area contributed by atoms with Crippen molar-refractivity contribution in [1.82, 2.24) is 10.4 Å². The molecule has 0 bridgehead atoms. The monoisotopic (exact) mass is 510 g/mol. The van der Waals surface area contributed by atoms with E-state index in [1.54, 1.807) is 30.3 Å². The summed E-state index contributed by atoms with van der Waals surface area (Å²) in [5.74, 6) is -0.573. The predicted molar refractivity (Wildman–Crippen MR) is 125 cm³/mol. The van der Waals surface area contributed by atoms with Crippen LogP contribution in [0.2, 0.25) is 0 Å². The second-order valence-corrected chi connectivity index (χ2v) is 7.64. The van der Waals surface area contributed by atoms with Crippen molar-refractivity contribution in [2.45, 2.75) is 39.7 Å². The van der Waals surface area contributed by atoms with Gasteiger partial charge in [-0.15, -0.1) is 37.2 Å². The minimum absolute atomic E-state index is 0. The van der Waals surface area contributed by atoms with E-state index < -0.39 is 5.54 Å². The molecule has 28 heavy (non-hydrogen) atoms. The quantitative estimate of drug-likeness (QED) is 0.524. The number of aryl methyl sites for hydroxylation is 1. The number of nitrogens with zero attached hydrogens (tertiary/aromatic N) is 1. The van der Waals surface area contributed by atoms with E-state index in [4.69, 9.17) is 0 Å². The minimum Gasteiger partial charge on any atom is -0.267 e. The third-order valence-electron chi connectivity index (χ3n) is 3.82. The van der Waals surface area contributed by atoms with Crippen LogP contribution in [0.5, 0.6) is 0 Å². The fourth-order valence-electron chi connectivity index (χ4n) is 2.34. The third-order valence-corrected chi connectivity index (χ3v) is 4.51. The van der Waals surface area contributed by atoms with Crippen molar-refractivity contribution in [2.24, 2.45) is 0 Å². The summed E-state index contributed by atoms with van der Waals surface area (Å²) in [7, 11) is 0. The summed E-state index contributed by atoms with van der Waals surface area (Å²) in [6.07, 6.45) is 0.913. The van der Waals surface area contributed by atoms with Gasteiger partial charge in [0.15, 0.2) is 0 Å². The molecule has 2 aromatic carbocycles. The van der Waals surface area contributed by atoms with Crippen LogP contribution >= 0.6 is 53.2 Å². The fourth-order valence-corrected chi connectivity index (χ4v) is 2.79. The average molecular weight is 513 g/mol. The molecule has 2 amide bonds. The number of amides is 2. The van der Waals surface area contributed by atoms with Gasteiger partial charge in [0.25, 0.3) is 11.8 Å². The lowest BCUT2D eigenvalue weighted by Crippen LogP contribution is -2.56. The molecule has 2 aromatic rings. The molecular formula is C20H26BrCl3N2O2. The Hall–Kier alpha value is -1.27. The Labute approximate surface area is 193 Å². The normalized spacial score (nSPS) is 9.89. The van der Waals surface area contributed by atoms with Gasteiger partial charge in [0, 0.05) is 10.0 Å². The third kappa shape index (κ3) is 7.28. The highest BCUT2D eigenvalue weighted by molar-refractivity contribution is 9.10. The van der Waals surface area contributed by atoms with E-state index in [1.807, 2.05) is 39.0 Å². The van der Waals surface area contributed by atoms with E-state index in [-0.39, 0.29) is 49.0 Å². The zero-order valence-corrected chi connectivity index (χ0v) is 20.2. The summed E-state index contributed by atoms with van der Waals surface area (Å²) in [5, 5.41) is 1.38.